The van der Waals surface area contributed by atoms with Gasteiger partial charge in [0.1, 0.15) is 11.9 Å². The molecule has 2 aliphatic rings. The van der Waals surface area contributed by atoms with Gasteiger partial charge in [0.2, 0.25) is 0 Å². The molecule has 12 nitrogen and oxygen atoms in total. The lowest BCUT2D eigenvalue weighted by Gasteiger charge is -2.35. The number of urea groups is 1. The third kappa shape index (κ3) is 6.20. The fourth-order valence-corrected chi connectivity index (χ4v) is 4.83. The predicted molar refractivity (Wildman–Crippen MR) is 127 cm³/mol. The zero-order valence-electron chi connectivity index (χ0n) is 19.6. The van der Waals surface area contributed by atoms with Gasteiger partial charge in [-0.25, -0.2) is 19.8 Å². The van der Waals surface area contributed by atoms with Crippen molar-refractivity contribution in [2.75, 3.05) is 6.54 Å². The molecule has 2 amide bonds. The second kappa shape index (κ2) is 11.5. The van der Waals surface area contributed by atoms with E-state index in [1.807, 2.05) is 0 Å². The Morgan fingerprint density at radius 2 is 2.06 bits per heavy atom. The van der Waals surface area contributed by atoms with Gasteiger partial charge in [0, 0.05) is 10.7 Å². The Kier molecular flexibility index (Phi) is 9.04. The molecule has 0 radical (unpaired) electrons. The fourth-order valence-electron chi connectivity index (χ4n) is 3.60. The molecule has 3 rings (SSSR count). The number of amides is 2. The molecule has 15 heteroatoms. The number of carboxylic acids is 1. The average molecular weight is 593 g/mol. The van der Waals surface area contributed by atoms with E-state index >= 15 is 4.39 Å². The standard InChI is InChI=1S/C21H27BrFN4O8P/c1-11(2)14(17(29)30)25-36(32)35-18(33-13-7-5-12(22)6-8-13)15-16(28)21(3,23)19(34-15)26-9-4-10-27(24)20(26)31/h4-9,11,14-16,18-19,28H,10,24H2,1-3H3,(H,29,30)/t14-,15+,16+,18?,19+,21+/m0/s1. The van der Waals surface area contributed by atoms with Crippen LogP contribution in [0.3, 0.4) is 0 Å². The monoisotopic (exact) mass is 592 g/mol. The highest BCUT2D eigenvalue weighted by Crippen LogP contribution is 2.41. The number of carbonyl (C=O) groups is 2. The van der Waals surface area contributed by atoms with Crippen LogP contribution < -0.4 is 15.5 Å². The maximum atomic E-state index is 15.8. The van der Waals surface area contributed by atoms with Crippen LogP contribution >= 0.6 is 24.1 Å². The summed E-state index contributed by atoms with van der Waals surface area (Å²) < 4.78 is 37.0. The molecule has 0 aromatic heterocycles. The van der Waals surface area contributed by atoms with Gasteiger partial charge in [0.25, 0.3) is 6.29 Å². The predicted octanol–water partition coefficient (Wildman–Crippen LogP) is 2.07. The number of aliphatic hydroxyl groups excluding tert-OH is 1. The second-order valence-corrected chi connectivity index (χ2v) is 10.5. The van der Waals surface area contributed by atoms with Crippen molar-refractivity contribution in [3.63, 3.8) is 0 Å². The topological polar surface area (TPSA) is 170 Å². The number of ether oxygens (including phenoxy) is 2. The normalized spacial score (nSPS) is 28.5. The first-order valence-electron chi connectivity index (χ1n) is 10.9. The molecule has 2 heterocycles. The number of hydrogen-bond donors (Lipinski definition) is 3. The number of aliphatic hydroxyl groups is 1. The summed E-state index contributed by atoms with van der Waals surface area (Å²) in [5.41, 5.74) is -2.53. The van der Waals surface area contributed by atoms with Crippen molar-refractivity contribution in [2.45, 2.75) is 57.2 Å². The first-order valence-corrected chi connectivity index (χ1v) is 12.8. The third-order valence-electron chi connectivity index (χ3n) is 5.58. The summed E-state index contributed by atoms with van der Waals surface area (Å²) >= 11 is 3.28. The molecule has 0 aliphatic carbocycles. The van der Waals surface area contributed by atoms with Gasteiger partial charge in [-0.2, -0.15) is 0 Å². The van der Waals surface area contributed by atoms with Crippen molar-refractivity contribution in [2.24, 2.45) is 16.5 Å². The van der Waals surface area contributed by atoms with E-state index in [9.17, 15) is 24.7 Å². The number of hydrazine groups is 1. The number of carbonyl (C=O) groups excluding carboxylic acids is 1. The zero-order valence-corrected chi connectivity index (χ0v) is 22.1. The summed E-state index contributed by atoms with van der Waals surface area (Å²) in [6.07, 6.45) is -4.07. The Morgan fingerprint density at radius 3 is 2.64 bits per heavy atom. The van der Waals surface area contributed by atoms with Gasteiger partial charge in [0.15, 0.2) is 24.0 Å². The zero-order chi connectivity index (χ0) is 26.8. The summed E-state index contributed by atoms with van der Waals surface area (Å²) in [6, 6.07) is 4.20. The van der Waals surface area contributed by atoms with Crippen LogP contribution in [0.5, 0.6) is 5.75 Å². The highest BCUT2D eigenvalue weighted by molar-refractivity contribution is 9.10. The smallest absolute Gasteiger partial charge is 0.346 e. The van der Waals surface area contributed by atoms with E-state index in [0.29, 0.717) is 0 Å². The van der Waals surface area contributed by atoms with Gasteiger partial charge >= 0.3 is 20.2 Å². The fraction of sp³-hybridized carbons (Fsp3) is 0.524. The lowest BCUT2D eigenvalue weighted by molar-refractivity contribution is -0.206. The Balaban J connectivity index is 1.93. The second-order valence-electron chi connectivity index (χ2n) is 8.70. The molecule has 1 aromatic rings. The molecule has 4 N–H and O–H groups in total. The van der Waals surface area contributed by atoms with Crippen molar-refractivity contribution in [1.29, 1.82) is 0 Å². The minimum Gasteiger partial charge on any atom is -0.583 e. The summed E-state index contributed by atoms with van der Waals surface area (Å²) in [7, 11) is -3.01. The number of aliphatic carboxylic acids is 1. The molecule has 0 saturated carbocycles. The maximum Gasteiger partial charge on any atom is 0.346 e. The van der Waals surface area contributed by atoms with Gasteiger partial charge in [-0.1, -0.05) is 34.5 Å². The maximum absolute atomic E-state index is 15.8. The van der Waals surface area contributed by atoms with Crippen LogP contribution in [0, 0.1) is 5.92 Å². The summed E-state index contributed by atoms with van der Waals surface area (Å²) in [5, 5.41) is 21.0. The first-order chi connectivity index (χ1) is 16.8. The lowest BCUT2D eigenvalue weighted by atomic mass is 9.97. The highest BCUT2D eigenvalue weighted by atomic mass is 79.9. The van der Waals surface area contributed by atoms with Crippen molar-refractivity contribution >= 4 is 36.1 Å². The van der Waals surface area contributed by atoms with Crippen molar-refractivity contribution in [3.8, 4) is 5.75 Å². The van der Waals surface area contributed by atoms with Gasteiger partial charge in [0.05, 0.1) is 6.54 Å². The van der Waals surface area contributed by atoms with Gasteiger partial charge in [-0.3, -0.25) is 9.91 Å². The van der Waals surface area contributed by atoms with E-state index in [0.717, 1.165) is 21.3 Å². The quantitative estimate of drug-likeness (QED) is 0.168. The summed E-state index contributed by atoms with van der Waals surface area (Å²) in [4.78, 5) is 37.5. The van der Waals surface area contributed by atoms with Crippen LogP contribution in [-0.4, -0.2) is 75.1 Å². The van der Waals surface area contributed by atoms with Gasteiger partial charge < -0.3 is 24.6 Å². The summed E-state index contributed by atoms with van der Waals surface area (Å²) in [5.74, 6) is 4.01. The van der Waals surface area contributed by atoms with Crippen LogP contribution in [0.25, 0.3) is 0 Å². The van der Waals surface area contributed by atoms with Crippen LogP contribution in [0.1, 0.15) is 20.8 Å². The molecule has 1 aromatic carbocycles. The molecule has 2 unspecified atom stereocenters. The Bertz CT molecular complexity index is 1030. The van der Waals surface area contributed by atoms with Crippen LogP contribution in [0.4, 0.5) is 9.18 Å². The van der Waals surface area contributed by atoms with E-state index in [2.05, 4.69) is 20.7 Å². The number of rotatable bonds is 9. The highest BCUT2D eigenvalue weighted by Gasteiger charge is 2.61. The molecule has 1 fully saturated rings. The number of hydrogen-bond acceptors (Lipinski definition) is 9. The number of benzene rings is 1. The number of alkyl halides is 1. The van der Waals surface area contributed by atoms with E-state index in [1.54, 1.807) is 26.0 Å². The molecule has 0 bridgehead atoms. The number of carboxylic acid groups (broad SMARTS) is 1. The minimum absolute atomic E-state index is 0.0953. The molecular formula is C21H27BrFN4O8P. The largest absolute Gasteiger partial charge is 0.583 e. The van der Waals surface area contributed by atoms with Crippen molar-refractivity contribution in [3.05, 3.63) is 41.0 Å². The molecule has 0 spiro atoms. The third-order valence-corrected chi connectivity index (χ3v) is 6.93. The van der Waals surface area contributed by atoms with Crippen molar-refractivity contribution < 1.29 is 43.1 Å². The molecule has 36 heavy (non-hydrogen) atoms. The van der Waals surface area contributed by atoms with Gasteiger partial charge in [-0.15, -0.1) is 4.52 Å². The first kappa shape index (κ1) is 28.4. The van der Waals surface area contributed by atoms with Crippen molar-refractivity contribution in [1.82, 2.24) is 9.91 Å². The van der Waals surface area contributed by atoms with E-state index in [1.165, 1.54) is 24.4 Å². The van der Waals surface area contributed by atoms with Crippen LogP contribution in [0.2, 0.25) is 0 Å². The number of halogens is 2. The Labute approximate surface area is 216 Å². The average Bonchev–Trinajstić information content (AvgIpc) is 3.03. The van der Waals surface area contributed by atoms with E-state index < -0.39 is 62.5 Å². The van der Waals surface area contributed by atoms with Crippen LogP contribution in [0.15, 0.2) is 45.8 Å². The molecule has 1 saturated heterocycles. The molecule has 198 valence electrons. The Morgan fingerprint density at radius 1 is 1.42 bits per heavy atom. The summed E-state index contributed by atoms with van der Waals surface area (Å²) in [6.45, 7) is 4.28. The number of nitrogens with zero attached hydrogens (tertiary/aromatic N) is 3. The SMILES string of the molecule is CC(C)[C@H](N=[P+]([O-])OC(Oc1ccc(Br)cc1)[C@@H]1O[C@@H](N2C=CCN(N)C2=O)[C@](C)(F)[C@@H]1O)C(=O)O. The van der Waals surface area contributed by atoms with Gasteiger partial charge in [-0.05, 0) is 43.2 Å². The molecule has 7 atom stereocenters. The number of nitrogens with two attached hydrogens (primary N) is 1. The minimum atomic E-state index is -3.01. The van der Waals surface area contributed by atoms with E-state index in [-0.39, 0.29) is 12.3 Å². The molecule has 2 aliphatic heterocycles. The van der Waals surface area contributed by atoms with Crippen LogP contribution in [-0.2, 0) is 14.1 Å². The molecular weight excluding hydrogens is 566 g/mol. The van der Waals surface area contributed by atoms with E-state index in [4.69, 9.17) is 19.8 Å². The Hall–Kier alpha value is -2.19. The lowest BCUT2D eigenvalue weighted by Crippen LogP contribution is -2.56.